The van der Waals surface area contributed by atoms with E-state index in [1.807, 2.05) is 12.1 Å². The van der Waals surface area contributed by atoms with Crippen molar-refractivity contribution in [2.24, 2.45) is 0 Å². The first-order valence-corrected chi connectivity index (χ1v) is 6.78. The van der Waals surface area contributed by atoms with Gasteiger partial charge in [0.2, 0.25) is 0 Å². The van der Waals surface area contributed by atoms with Crippen LogP contribution >= 0.6 is 23.4 Å². The Balaban J connectivity index is 2.25. The van der Waals surface area contributed by atoms with Crippen LogP contribution in [0.15, 0.2) is 35.7 Å². The summed E-state index contributed by atoms with van der Waals surface area (Å²) in [6.07, 6.45) is 1.58. The number of esters is 1. The molecular weight excluding hydrogens is 286 g/mol. The van der Waals surface area contributed by atoms with Gasteiger partial charge in [0.15, 0.2) is 5.16 Å². The van der Waals surface area contributed by atoms with Crippen molar-refractivity contribution in [1.29, 1.82) is 0 Å². The Kier molecular flexibility index (Phi) is 4.44. The molecule has 0 aliphatic carbocycles. The number of benzene rings is 1. The summed E-state index contributed by atoms with van der Waals surface area (Å²) in [5, 5.41) is 8.75. The van der Waals surface area contributed by atoms with Crippen molar-refractivity contribution >= 4 is 29.3 Å². The maximum atomic E-state index is 11.4. The highest BCUT2D eigenvalue weighted by Gasteiger charge is 2.18. The predicted octanol–water partition coefficient (Wildman–Crippen LogP) is 2.57. The molecule has 1 aromatic heterocycles. The first-order chi connectivity index (χ1) is 9.11. The molecule has 1 unspecified atom stereocenters. The van der Waals surface area contributed by atoms with Gasteiger partial charge in [0.05, 0.1) is 12.8 Å². The second kappa shape index (κ2) is 6.08. The molecule has 0 bridgehead atoms. The molecule has 100 valence electrons. The molecule has 0 spiro atoms. The van der Waals surface area contributed by atoms with Gasteiger partial charge in [0.25, 0.3) is 0 Å². The fourth-order valence-corrected chi connectivity index (χ4v) is 2.53. The number of aromatic nitrogens is 3. The third kappa shape index (κ3) is 3.27. The molecule has 19 heavy (non-hydrogen) atoms. The van der Waals surface area contributed by atoms with Gasteiger partial charge < -0.3 is 4.74 Å². The van der Waals surface area contributed by atoms with Crippen LogP contribution in [0.5, 0.6) is 0 Å². The average Bonchev–Trinajstić information content (AvgIpc) is 2.85. The molecule has 0 fully saturated rings. The largest absolute Gasteiger partial charge is 0.468 e. The molecule has 1 aromatic carbocycles. The summed E-state index contributed by atoms with van der Waals surface area (Å²) in [5.41, 5.74) is 0.845. The van der Waals surface area contributed by atoms with E-state index in [0.717, 1.165) is 5.69 Å². The van der Waals surface area contributed by atoms with Gasteiger partial charge in [-0.1, -0.05) is 29.4 Å². The number of methoxy groups -OCH3 is 1. The van der Waals surface area contributed by atoms with Crippen LogP contribution < -0.4 is 0 Å². The molecule has 0 aliphatic heterocycles. The fourth-order valence-electron chi connectivity index (χ4n) is 1.48. The summed E-state index contributed by atoms with van der Waals surface area (Å²) < 4.78 is 6.46. The number of hydrogen-bond acceptors (Lipinski definition) is 5. The predicted molar refractivity (Wildman–Crippen MR) is 73.7 cm³/mol. The number of hydrogen-bond donors (Lipinski definition) is 0. The van der Waals surface area contributed by atoms with Crippen LogP contribution in [-0.2, 0) is 9.53 Å². The van der Waals surface area contributed by atoms with E-state index in [0.29, 0.717) is 10.2 Å². The molecule has 1 atom stereocenters. The zero-order valence-electron chi connectivity index (χ0n) is 10.4. The van der Waals surface area contributed by atoms with E-state index in [2.05, 4.69) is 14.9 Å². The van der Waals surface area contributed by atoms with Gasteiger partial charge in [0, 0.05) is 5.02 Å². The van der Waals surface area contributed by atoms with Gasteiger partial charge in [-0.25, -0.2) is 0 Å². The minimum atomic E-state index is -0.355. The Labute approximate surface area is 119 Å². The van der Waals surface area contributed by atoms with Crippen LogP contribution in [0.25, 0.3) is 5.69 Å². The number of halogens is 1. The molecule has 2 aromatic rings. The second-order valence-corrected chi connectivity index (χ2v) is 5.49. The van der Waals surface area contributed by atoms with Crippen LogP contribution in [0.1, 0.15) is 6.92 Å². The van der Waals surface area contributed by atoms with Crippen molar-refractivity contribution in [3.05, 3.63) is 35.6 Å². The third-order valence-corrected chi connectivity index (χ3v) is 3.69. The molecule has 0 saturated heterocycles. The summed E-state index contributed by atoms with van der Waals surface area (Å²) in [7, 11) is 1.36. The summed E-state index contributed by atoms with van der Waals surface area (Å²) in [5.74, 6) is -0.300. The average molecular weight is 298 g/mol. The Morgan fingerprint density at radius 3 is 3.00 bits per heavy atom. The summed E-state index contributed by atoms with van der Waals surface area (Å²) >= 11 is 7.24. The van der Waals surface area contributed by atoms with E-state index in [-0.39, 0.29) is 11.2 Å². The number of carbonyl (C=O) groups is 1. The van der Waals surface area contributed by atoms with Crippen LogP contribution in [0.2, 0.25) is 5.02 Å². The molecule has 0 amide bonds. The summed E-state index contributed by atoms with van der Waals surface area (Å²) in [6, 6.07) is 7.33. The summed E-state index contributed by atoms with van der Waals surface area (Å²) in [6.45, 7) is 1.76. The normalized spacial score (nSPS) is 12.2. The summed E-state index contributed by atoms with van der Waals surface area (Å²) in [4.78, 5) is 11.4. The highest BCUT2D eigenvalue weighted by atomic mass is 35.5. The topological polar surface area (TPSA) is 57.0 Å². The van der Waals surface area contributed by atoms with Crippen molar-refractivity contribution in [2.75, 3.05) is 7.11 Å². The Hall–Kier alpha value is -1.53. The van der Waals surface area contributed by atoms with E-state index in [1.54, 1.807) is 30.0 Å². The van der Waals surface area contributed by atoms with Gasteiger partial charge in [-0.05, 0) is 25.1 Å². The minimum absolute atomic E-state index is 0.300. The van der Waals surface area contributed by atoms with Crippen molar-refractivity contribution in [3.63, 3.8) is 0 Å². The van der Waals surface area contributed by atoms with Gasteiger partial charge in [0.1, 0.15) is 11.6 Å². The first kappa shape index (κ1) is 13.9. The SMILES string of the molecule is COC(=O)C(C)Sc1nncn1-c1cccc(Cl)c1. The zero-order chi connectivity index (χ0) is 13.8. The van der Waals surface area contributed by atoms with E-state index in [4.69, 9.17) is 11.6 Å². The Bertz CT molecular complexity index is 588. The molecular formula is C12H12ClN3O2S. The van der Waals surface area contributed by atoms with Gasteiger partial charge >= 0.3 is 5.97 Å². The van der Waals surface area contributed by atoms with Crippen LogP contribution in [0.4, 0.5) is 0 Å². The Morgan fingerprint density at radius 2 is 2.32 bits per heavy atom. The van der Waals surface area contributed by atoms with Crippen molar-refractivity contribution in [3.8, 4) is 5.69 Å². The molecule has 1 heterocycles. The maximum absolute atomic E-state index is 11.4. The molecule has 0 N–H and O–H groups in total. The van der Waals surface area contributed by atoms with Crippen molar-refractivity contribution in [1.82, 2.24) is 14.8 Å². The minimum Gasteiger partial charge on any atom is -0.468 e. The van der Waals surface area contributed by atoms with Gasteiger partial charge in [-0.15, -0.1) is 10.2 Å². The van der Waals surface area contributed by atoms with Crippen LogP contribution in [0, 0.1) is 0 Å². The van der Waals surface area contributed by atoms with Crippen molar-refractivity contribution in [2.45, 2.75) is 17.3 Å². The van der Waals surface area contributed by atoms with E-state index >= 15 is 0 Å². The standard InChI is InChI=1S/C12H12ClN3O2S/c1-8(11(17)18-2)19-12-15-14-7-16(12)10-5-3-4-9(13)6-10/h3-8H,1-2H3. The lowest BCUT2D eigenvalue weighted by Gasteiger charge is -2.10. The molecule has 0 saturated carbocycles. The van der Waals surface area contributed by atoms with E-state index < -0.39 is 0 Å². The maximum Gasteiger partial charge on any atom is 0.318 e. The second-order valence-electron chi connectivity index (χ2n) is 3.75. The molecule has 0 aliphatic rings. The number of ether oxygens (including phenoxy) is 1. The van der Waals surface area contributed by atoms with Gasteiger partial charge in [-0.3, -0.25) is 9.36 Å². The number of thioether (sulfide) groups is 1. The van der Waals surface area contributed by atoms with E-state index in [9.17, 15) is 4.79 Å². The Morgan fingerprint density at radius 1 is 1.53 bits per heavy atom. The lowest BCUT2D eigenvalue weighted by atomic mass is 10.3. The van der Waals surface area contributed by atoms with E-state index in [1.165, 1.54) is 18.9 Å². The highest BCUT2D eigenvalue weighted by molar-refractivity contribution is 8.00. The number of nitrogens with zero attached hydrogens (tertiary/aromatic N) is 3. The monoisotopic (exact) mass is 297 g/mol. The van der Waals surface area contributed by atoms with Crippen LogP contribution in [-0.4, -0.2) is 33.1 Å². The lowest BCUT2D eigenvalue weighted by molar-refractivity contribution is -0.139. The van der Waals surface area contributed by atoms with Crippen LogP contribution in [0.3, 0.4) is 0 Å². The smallest absolute Gasteiger partial charge is 0.318 e. The highest BCUT2D eigenvalue weighted by Crippen LogP contribution is 2.25. The molecule has 0 radical (unpaired) electrons. The molecule has 5 nitrogen and oxygen atoms in total. The zero-order valence-corrected chi connectivity index (χ0v) is 12.0. The quantitative estimate of drug-likeness (QED) is 0.641. The lowest BCUT2D eigenvalue weighted by Crippen LogP contribution is -2.15. The van der Waals surface area contributed by atoms with Gasteiger partial charge in [-0.2, -0.15) is 0 Å². The fraction of sp³-hybridized carbons (Fsp3) is 0.250. The first-order valence-electron chi connectivity index (χ1n) is 5.52. The van der Waals surface area contributed by atoms with Crippen molar-refractivity contribution < 1.29 is 9.53 Å². The molecule has 2 rings (SSSR count). The molecule has 7 heteroatoms. The number of rotatable bonds is 4. The number of carbonyl (C=O) groups excluding carboxylic acids is 1. The third-order valence-electron chi connectivity index (χ3n) is 2.42.